The van der Waals surface area contributed by atoms with Crippen molar-refractivity contribution in [3.8, 4) is 11.5 Å². The SMILES string of the molecule is COc1ccc(C(=O)NN=Cc2ccc(OC(=O)c3ccccc3F)cc2)cc1. The second kappa shape index (κ2) is 9.27. The molecule has 3 aromatic rings. The number of carbonyl (C=O) groups excluding carboxylic acids is 2. The van der Waals surface area contributed by atoms with Crippen LogP contribution in [0.25, 0.3) is 0 Å². The Hall–Kier alpha value is -4.00. The van der Waals surface area contributed by atoms with Gasteiger partial charge in [0.15, 0.2) is 0 Å². The van der Waals surface area contributed by atoms with Crippen LogP contribution in [0.15, 0.2) is 77.9 Å². The highest BCUT2D eigenvalue weighted by molar-refractivity contribution is 5.95. The van der Waals surface area contributed by atoms with Crippen LogP contribution in [-0.2, 0) is 0 Å². The Kier molecular flexibility index (Phi) is 6.32. The zero-order valence-corrected chi connectivity index (χ0v) is 15.5. The summed E-state index contributed by atoms with van der Waals surface area (Å²) in [6.07, 6.45) is 1.45. The van der Waals surface area contributed by atoms with Crippen molar-refractivity contribution < 1.29 is 23.5 Å². The molecule has 6 nitrogen and oxygen atoms in total. The van der Waals surface area contributed by atoms with Crippen molar-refractivity contribution in [2.75, 3.05) is 7.11 Å². The molecule has 0 saturated carbocycles. The van der Waals surface area contributed by atoms with Crippen molar-refractivity contribution in [3.05, 3.63) is 95.3 Å². The molecule has 0 aliphatic carbocycles. The van der Waals surface area contributed by atoms with E-state index in [1.54, 1.807) is 61.7 Å². The molecule has 0 aliphatic rings. The fourth-order valence-corrected chi connectivity index (χ4v) is 2.38. The fraction of sp³-hybridized carbons (Fsp3) is 0.0455. The number of hydrogen-bond donors (Lipinski definition) is 1. The Morgan fingerprint density at radius 1 is 0.931 bits per heavy atom. The lowest BCUT2D eigenvalue weighted by Gasteiger charge is -2.05. The van der Waals surface area contributed by atoms with Gasteiger partial charge in [-0.2, -0.15) is 5.10 Å². The van der Waals surface area contributed by atoms with Crippen LogP contribution in [-0.4, -0.2) is 25.2 Å². The van der Waals surface area contributed by atoms with E-state index in [2.05, 4.69) is 10.5 Å². The smallest absolute Gasteiger partial charge is 0.346 e. The van der Waals surface area contributed by atoms with Crippen molar-refractivity contribution in [1.29, 1.82) is 0 Å². The van der Waals surface area contributed by atoms with Gasteiger partial charge < -0.3 is 9.47 Å². The minimum absolute atomic E-state index is 0.139. The molecule has 0 atom stereocenters. The highest BCUT2D eigenvalue weighted by atomic mass is 19.1. The molecular weight excluding hydrogens is 375 g/mol. The van der Waals surface area contributed by atoms with Crippen molar-refractivity contribution in [2.24, 2.45) is 5.10 Å². The summed E-state index contributed by atoms with van der Waals surface area (Å²) in [4.78, 5) is 24.0. The number of nitrogens with zero attached hydrogens (tertiary/aromatic N) is 1. The van der Waals surface area contributed by atoms with E-state index in [0.29, 0.717) is 16.9 Å². The van der Waals surface area contributed by atoms with Crippen LogP contribution >= 0.6 is 0 Å². The Balaban J connectivity index is 1.56. The van der Waals surface area contributed by atoms with Gasteiger partial charge >= 0.3 is 5.97 Å². The van der Waals surface area contributed by atoms with Gasteiger partial charge in [-0.1, -0.05) is 12.1 Å². The maximum atomic E-state index is 13.6. The van der Waals surface area contributed by atoms with E-state index in [0.717, 1.165) is 0 Å². The minimum atomic E-state index is -0.781. The number of amides is 1. The molecule has 29 heavy (non-hydrogen) atoms. The average Bonchev–Trinajstić information content (AvgIpc) is 2.75. The molecule has 1 N–H and O–H groups in total. The second-order valence-electron chi connectivity index (χ2n) is 5.87. The first kappa shape index (κ1) is 19.8. The highest BCUT2D eigenvalue weighted by Gasteiger charge is 2.13. The number of rotatable bonds is 6. The molecule has 0 fully saturated rings. The molecule has 0 aromatic heterocycles. The molecule has 3 aromatic carbocycles. The zero-order chi connectivity index (χ0) is 20.6. The normalized spacial score (nSPS) is 10.6. The lowest BCUT2D eigenvalue weighted by Crippen LogP contribution is -2.17. The van der Waals surface area contributed by atoms with Crippen LogP contribution < -0.4 is 14.9 Å². The molecule has 0 aliphatic heterocycles. The standard InChI is InChI=1S/C22H17FN2O4/c1-28-17-12-8-16(9-13-17)21(26)25-24-14-15-6-10-18(11-7-15)29-22(27)19-4-2-3-5-20(19)23/h2-14H,1H3,(H,25,26). The van der Waals surface area contributed by atoms with Gasteiger partial charge in [0.1, 0.15) is 17.3 Å². The quantitative estimate of drug-likeness (QED) is 0.299. The minimum Gasteiger partial charge on any atom is -0.497 e. The van der Waals surface area contributed by atoms with Crippen molar-refractivity contribution in [2.45, 2.75) is 0 Å². The summed E-state index contributed by atoms with van der Waals surface area (Å²) < 4.78 is 23.8. The van der Waals surface area contributed by atoms with E-state index >= 15 is 0 Å². The summed E-state index contributed by atoms with van der Waals surface area (Å²) in [5.74, 6) is -0.872. The molecule has 3 rings (SSSR count). The van der Waals surface area contributed by atoms with Gasteiger partial charge in [-0.15, -0.1) is 0 Å². The van der Waals surface area contributed by atoms with Gasteiger partial charge in [0.05, 0.1) is 18.9 Å². The third-order valence-corrected chi connectivity index (χ3v) is 3.92. The molecule has 0 saturated heterocycles. The highest BCUT2D eigenvalue weighted by Crippen LogP contribution is 2.15. The van der Waals surface area contributed by atoms with Gasteiger partial charge in [0.25, 0.3) is 5.91 Å². The largest absolute Gasteiger partial charge is 0.497 e. The summed E-state index contributed by atoms with van der Waals surface area (Å²) in [5.41, 5.74) is 3.40. The summed E-state index contributed by atoms with van der Waals surface area (Å²) in [6.45, 7) is 0. The average molecular weight is 392 g/mol. The van der Waals surface area contributed by atoms with E-state index in [1.807, 2.05) is 0 Å². The third-order valence-electron chi connectivity index (χ3n) is 3.92. The molecule has 7 heteroatoms. The lowest BCUT2D eigenvalue weighted by atomic mass is 10.2. The summed E-state index contributed by atoms with van der Waals surface area (Å²) in [7, 11) is 1.55. The molecule has 0 spiro atoms. The van der Waals surface area contributed by atoms with Crippen LogP contribution in [0, 0.1) is 5.82 Å². The first-order valence-corrected chi connectivity index (χ1v) is 8.61. The van der Waals surface area contributed by atoms with Crippen LogP contribution in [0.5, 0.6) is 11.5 Å². The third kappa shape index (κ3) is 5.26. The van der Waals surface area contributed by atoms with Crippen molar-refractivity contribution in [3.63, 3.8) is 0 Å². The number of ether oxygens (including phenoxy) is 2. The Morgan fingerprint density at radius 3 is 2.24 bits per heavy atom. The Labute approximate surface area is 166 Å². The summed E-state index contributed by atoms with van der Waals surface area (Å²) in [6, 6.07) is 18.6. The predicted octanol–water partition coefficient (Wildman–Crippen LogP) is 3.82. The van der Waals surface area contributed by atoms with Gasteiger partial charge in [-0.25, -0.2) is 14.6 Å². The number of nitrogens with one attached hydrogen (secondary N) is 1. The van der Waals surface area contributed by atoms with Gasteiger partial charge in [0.2, 0.25) is 0 Å². The monoisotopic (exact) mass is 392 g/mol. The number of carbonyl (C=O) groups is 2. The zero-order valence-electron chi connectivity index (χ0n) is 15.5. The van der Waals surface area contributed by atoms with Crippen LogP contribution in [0.3, 0.4) is 0 Å². The van der Waals surface area contributed by atoms with Crippen molar-refractivity contribution in [1.82, 2.24) is 5.43 Å². The predicted molar refractivity (Wildman–Crippen MR) is 106 cm³/mol. The van der Waals surface area contributed by atoms with Gasteiger partial charge in [-0.05, 0) is 66.2 Å². The molecule has 146 valence electrons. The first-order valence-electron chi connectivity index (χ1n) is 8.61. The van der Waals surface area contributed by atoms with Crippen LogP contribution in [0.2, 0.25) is 0 Å². The van der Waals surface area contributed by atoms with Crippen molar-refractivity contribution >= 4 is 18.1 Å². The molecular formula is C22H17FN2O4. The maximum absolute atomic E-state index is 13.6. The molecule has 0 heterocycles. The Bertz CT molecular complexity index is 1030. The Morgan fingerprint density at radius 2 is 1.59 bits per heavy atom. The first-order chi connectivity index (χ1) is 14.1. The van der Waals surface area contributed by atoms with E-state index in [1.165, 1.54) is 24.4 Å². The lowest BCUT2D eigenvalue weighted by molar-refractivity contribution is 0.0729. The summed E-state index contributed by atoms with van der Waals surface area (Å²) in [5, 5.41) is 3.90. The number of halogens is 1. The van der Waals surface area contributed by atoms with E-state index < -0.39 is 11.8 Å². The topological polar surface area (TPSA) is 77.0 Å². The number of esters is 1. The van der Waals surface area contributed by atoms with Crippen LogP contribution in [0.4, 0.5) is 4.39 Å². The number of benzene rings is 3. The van der Waals surface area contributed by atoms with E-state index in [4.69, 9.17) is 9.47 Å². The molecule has 0 radical (unpaired) electrons. The second-order valence-corrected chi connectivity index (χ2v) is 5.87. The molecule has 0 bridgehead atoms. The molecule has 1 amide bonds. The number of hydrazone groups is 1. The van der Waals surface area contributed by atoms with E-state index in [9.17, 15) is 14.0 Å². The number of hydrogen-bond acceptors (Lipinski definition) is 5. The van der Waals surface area contributed by atoms with Crippen LogP contribution in [0.1, 0.15) is 26.3 Å². The summed E-state index contributed by atoms with van der Waals surface area (Å²) >= 11 is 0. The van der Waals surface area contributed by atoms with E-state index in [-0.39, 0.29) is 17.2 Å². The van der Waals surface area contributed by atoms with Gasteiger partial charge in [-0.3, -0.25) is 4.79 Å². The fourth-order valence-electron chi connectivity index (χ4n) is 2.38. The maximum Gasteiger partial charge on any atom is 0.346 e. The number of methoxy groups -OCH3 is 1. The van der Waals surface area contributed by atoms with Gasteiger partial charge in [0, 0.05) is 5.56 Å². The molecule has 0 unspecified atom stereocenters.